The smallest absolute Gasteiger partial charge is 0.0477 e. The Balaban J connectivity index is 2.05. The van der Waals surface area contributed by atoms with Gasteiger partial charge in [-0.2, -0.15) is 0 Å². The Morgan fingerprint density at radius 1 is 1.47 bits per heavy atom. The molecule has 0 aliphatic carbocycles. The molecule has 0 aromatic heterocycles. The molecule has 82 valence electrons. The Morgan fingerprint density at radius 3 is 3.13 bits per heavy atom. The van der Waals surface area contributed by atoms with Crippen LogP contribution in [-0.4, -0.2) is 19.8 Å². The van der Waals surface area contributed by atoms with Crippen molar-refractivity contribution < 1.29 is 4.74 Å². The minimum atomic E-state index is 0.562. The van der Waals surface area contributed by atoms with Crippen LogP contribution < -0.4 is 5.32 Å². The van der Waals surface area contributed by atoms with E-state index in [4.69, 9.17) is 4.74 Å². The molecule has 0 fully saturated rings. The minimum Gasteiger partial charge on any atom is -0.385 e. The molecule has 1 atom stereocenters. The van der Waals surface area contributed by atoms with Crippen molar-refractivity contribution in [3.8, 4) is 0 Å². The number of benzene rings is 1. The van der Waals surface area contributed by atoms with Crippen LogP contribution in [0.3, 0.4) is 0 Å². The van der Waals surface area contributed by atoms with Gasteiger partial charge in [0, 0.05) is 30.8 Å². The fraction of sp³-hybridized carbons (Fsp3) is 0.500. The number of methoxy groups -OCH3 is 1. The number of halogens is 1. The molecule has 0 radical (unpaired) electrons. The average Bonchev–Trinajstić information content (AvgIpc) is 2.25. The number of hydrogen-bond donors (Lipinski definition) is 1. The fourth-order valence-electron chi connectivity index (χ4n) is 2.01. The standard InChI is InChI=1S/C12H16BrNO/c1-15-5-4-12-7-10-6-11(13)3-2-9(10)8-14-12/h2-3,6,12,14H,4-5,7-8H2,1H3. The van der Waals surface area contributed by atoms with E-state index in [1.807, 2.05) is 0 Å². The first kappa shape index (κ1) is 11.1. The van der Waals surface area contributed by atoms with Crippen LogP contribution >= 0.6 is 15.9 Å². The van der Waals surface area contributed by atoms with Crippen molar-refractivity contribution in [2.45, 2.75) is 25.4 Å². The van der Waals surface area contributed by atoms with Gasteiger partial charge < -0.3 is 10.1 Å². The molecule has 3 heteroatoms. The Kier molecular flexibility index (Phi) is 3.78. The van der Waals surface area contributed by atoms with Crippen LogP contribution in [0.4, 0.5) is 0 Å². The lowest BCUT2D eigenvalue weighted by Gasteiger charge is -2.26. The number of rotatable bonds is 3. The summed E-state index contributed by atoms with van der Waals surface area (Å²) in [6.45, 7) is 1.82. The first-order valence-corrected chi connectivity index (χ1v) is 6.08. The monoisotopic (exact) mass is 269 g/mol. The normalized spacial score (nSPS) is 20.0. The lowest BCUT2D eigenvalue weighted by atomic mass is 9.94. The van der Waals surface area contributed by atoms with Gasteiger partial charge in [-0.1, -0.05) is 22.0 Å². The van der Waals surface area contributed by atoms with Gasteiger partial charge in [-0.15, -0.1) is 0 Å². The summed E-state index contributed by atoms with van der Waals surface area (Å²) in [5, 5.41) is 3.53. The molecule has 0 bridgehead atoms. The van der Waals surface area contributed by atoms with Crippen LogP contribution in [0.1, 0.15) is 17.5 Å². The van der Waals surface area contributed by atoms with E-state index in [1.54, 1.807) is 7.11 Å². The third kappa shape index (κ3) is 2.80. The van der Waals surface area contributed by atoms with Crippen molar-refractivity contribution in [1.82, 2.24) is 5.32 Å². The maximum absolute atomic E-state index is 5.11. The number of nitrogens with one attached hydrogen (secondary N) is 1. The maximum atomic E-state index is 5.11. The van der Waals surface area contributed by atoms with Crippen LogP contribution in [0.2, 0.25) is 0 Å². The van der Waals surface area contributed by atoms with Crippen molar-refractivity contribution in [3.63, 3.8) is 0 Å². The van der Waals surface area contributed by atoms with Crippen molar-refractivity contribution >= 4 is 15.9 Å². The van der Waals surface area contributed by atoms with E-state index in [1.165, 1.54) is 15.6 Å². The summed E-state index contributed by atoms with van der Waals surface area (Å²) in [6, 6.07) is 7.09. The fourth-order valence-corrected chi connectivity index (χ4v) is 2.42. The van der Waals surface area contributed by atoms with Crippen LogP contribution in [-0.2, 0) is 17.7 Å². The third-order valence-corrected chi connectivity index (χ3v) is 3.38. The summed E-state index contributed by atoms with van der Waals surface area (Å²) < 4.78 is 6.28. The summed E-state index contributed by atoms with van der Waals surface area (Å²) in [5.74, 6) is 0. The predicted molar refractivity (Wildman–Crippen MR) is 65.0 cm³/mol. The second-order valence-electron chi connectivity index (χ2n) is 3.98. The van der Waals surface area contributed by atoms with Gasteiger partial charge >= 0.3 is 0 Å². The lowest BCUT2D eigenvalue weighted by molar-refractivity contribution is 0.181. The van der Waals surface area contributed by atoms with E-state index >= 15 is 0 Å². The third-order valence-electron chi connectivity index (χ3n) is 2.89. The van der Waals surface area contributed by atoms with Gasteiger partial charge in [-0.25, -0.2) is 0 Å². The highest BCUT2D eigenvalue weighted by Crippen LogP contribution is 2.22. The van der Waals surface area contributed by atoms with Gasteiger partial charge in [0.2, 0.25) is 0 Å². The van der Waals surface area contributed by atoms with E-state index in [2.05, 4.69) is 39.4 Å². The molecule has 0 saturated carbocycles. The molecule has 1 unspecified atom stereocenters. The second-order valence-corrected chi connectivity index (χ2v) is 4.89. The lowest BCUT2D eigenvalue weighted by Crippen LogP contribution is -2.36. The zero-order valence-corrected chi connectivity index (χ0v) is 10.5. The molecule has 15 heavy (non-hydrogen) atoms. The molecule has 1 aromatic rings. The quantitative estimate of drug-likeness (QED) is 0.911. The van der Waals surface area contributed by atoms with E-state index in [0.29, 0.717) is 6.04 Å². The molecule has 1 aromatic carbocycles. The molecule has 2 nitrogen and oxygen atoms in total. The zero-order chi connectivity index (χ0) is 10.7. The molecular weight excluding hydrogens is 254 g/mol. The largest absolute Gasteiger partial charge is 0.385 e. The summed E-state index contributed by atoms with van der Waals surface area (Å²) in [5.41, 5.74) is 2.89. The Labute approximate surface area is 99.1 Å². The summed E-state index contributed by atoms with van der Waals surface area (Å²) in [4.78, 5) is 0. The highest BCUT2D eigenvalue weighted by molar-refractivity contribution is 9.10. The summed E-state index contributed by atoms with van der Waals surface area (Å²) >= 11 is 3.52. The van der Waals surface area contributed by atoms with Crippen molar-refractivity contribution in [2.24, 2.45) is 0 Å². The molecular formula is C12H16BrNO. The van der Waals surface area contributed by atoms with Crippen LogP contribution in [0.5, 0.6) is 0 Å². The molecule has 2 rings (SSSR count). The van der Waals surface area contributed by atoms with E-state index in [9.17, 15) is 0 Å². The minimum absolute atomic E-state index is 0.562. The van der Waals surface area contributed by atoms with Crippen LogP contribution in [0, 0.1) is 0 Å². The molecule has 1 aliphatic rings. The Morgan fingerprint density at radius 2 is 2.33 bits per heavy atom. The SMILES string of the molecule is COCCC1Cc2cc(Br)ccc2CN1. The van der Waals surface area contributed by atoms with Crippen LogP contribution in [0.15, 0.2) is 22.7 Å². The molecule has 1 aliphatic heterocycles. The number of hydrogen-bond acceptors (Lipinski definition) is 2. The molecule has 1 heterocycles. The van der Waals surface area contributed by atoms with Gasteiger partial charge in [-0.05, 0) is 36.1 Å². The second kappa shape index (κ2) is 5.10. The first-order valence-electron chi connectivity index (χ1n) is 5.29. The molecule has 0 spiro atoms. The number of ether oxygens (including phenoxy) is 1. The van der Waals surface area contributed by atoms with Gasteiger partial charge in [0.15, 0.2) is 0 Å². The number of fused-ring (bicyclic) bond motifs is 1. The van der Waals surface area contributed by atoms with Crippen molar-refractivity contribution in [2.75, 3.05) is 13.7 Å². The molecule has 1 N–H and O–H groups in total. The van der Waals surface area contributed by atoms with Crippen LogP contribution in [0.25, 0.3) is 0 Å². The van der Waals surface area contributed by atoms with Crippen molar-refractivity contribution in [1.29, 1.82) is 0 Å². The summed E-state index contributed by atoms with van der Waals surface area (Å²) in [6.07, 6.45) is 2.20. The topological polar surface area (TPSA) is 21.3 Å². The maximum Gasteiger partial charge on any atom is 0.0477 e. The van der Waals surface area contributed by atoms with E-state index in [0.717, 1.165) is 26.0 Å². The van der Waals surface area contributed by atoms with Crippen molar-refractivity contribution in [3.05, 3.63) is 33.8 Å². The first-order chi connectivity index (χ1) is 7.29. The predicted octanol–water partition coefficient (Wildman–Crippen LogP) is 2.50. The molecule has 0 amide bonds. The zero-order valence-electron chi connectivity index (χ0n) is 8.92. The highest BCUT2D eigenvalue weighted by atomic mass is 79.9. The van der Waals surface area contributed by atoms with E-state index < -0.39 is 0 Å². The van der Waals surface area contributed by atoms with Gasteiger partial charge in [0.05, 0.1) is 0 Å². The van der Waals surface area contributed by atoms with Gasteiger partial charge in [-0.3, -0.25) is 0 Å². The summed E-state index contributed by atoms with van der Waals surface area (Å²) in [7, 11) is 1.76. The average molecular weight is 270 g/mol. The van der Waals surface area contributed by atoms with Gasteiger partial charge in [0.25, 0.3) is 0 Å². The molecule has 0 saturated heterocycles. The highest BCUT2D eigenvalue weighted by Gasteiger charge is 2.17. The Bertz CT molecular complexity index is 340. The van der Waals surface area contributed by atoms with Gasteiger partial charge in [0.1, 0.15) is 0 Å². The van der Waals surface area contributed by atoms with E-state index in [-0.39, 0.29) is 0 Å². The Hall–Kier alpha value is -0.380.